The van der Waals surface area contributed by atoms with Gasteiger partial charge in [0.1, 0.15) is 11.5 Å². The molecule has 0 aliphatic carbocycles. The molecule has 84 valence electrons. The summed E-state index contributed by atoms with van der Waals surface area (Å²) in [7, 11) is 0. The van der Waals surface area contributed by atoms with Crippen LogP contribution in [0.4, 0.5) is 0 Å². The lowest BCUT2D eigenvalue weighted by Gasteiger charge is -2.09. The number of nitrogens with one attached hydrogen (secondary N) is 1. The Morgan fingerprint density at radius 3 is 2.75 bits per heavy atom. The second-order valence-electron chi connectivity index (χ2n) is 3.62. The van der Waals surface area contributed by atoms with Crippen LogP contribution >= 0.6 is 0 Å². The van der Waals surface area contributed by atoms with Gasteiger partial charge in [-0.1, -0.05) is 0 Å². The van der Waals surface area contributed by atoms with E-state index < -0.39 is 0 Å². The summed E-state index contributed by atoms with van der Waals surface area (Å²) in [5.74, 6) is 1.62. The van der Waals surface area contributed by atoms with Crippen molar-refractivity contribution in [3.63, 3.8) is 0 Å². The smallest absolute Gasteiger partial charge is 0.287 e. The summed E-state index contributed by atoms with van der Waals surface area (Å²) in [4.78, 5) is 11.6. The van der Waals surface area contributed by atoms with E-state index in [2.05, 4.69) is 5.32 Å². The van der Waals surface area contributed by atoms with Gasteiger partial charge in [0.25, 0.3) is 5.91 Å². The predicted octanol–water partition coefficient (Wildman–Crippen LogP) is 2.67. The molecule has 0 aliphatic heterocycles. The van der Waals surface area contributed by atoms with Crippen LogP contribution in [0.5, 0.6) is 0 Å². The quantitative estimate of drug-likeness (QED) is 0.863. The molecule has 0 saturated heterocycles. The molecule has 16 heavy (non-hydrogen) atoms. The standard InChI is InChI=1S/C12H13NO3/c1-8-5-6-10(16-8)9(2)13-12(14)11-4-3-7-15-11/h3-7,9H,1-2H3,(H,13,14). The van der Waals surface area contributed by atoms with Crippen LogP contribution in [0.25, 0.3) is 0 Å². The third-order valence-corrected chi connectivity index (χ3v) is 2.28. The highest BCUT2D eigenvalue weighted by molar-refractivity contribution is 5.91. The van der Waals surface area contributed by atoms with E-state index in [4.69, 9.17) is 8.83 Å². The molecular formula is C12H13NO3. The van der Waals surface area contributed by atoms with Gasteiger partial charge in [-0.25, -0.2) is 0 Å². The molecule has 1 N–H and O–H groups in total. The molecule has 2 rings (SSSR count). The summed E-state index contributed by atoms with van der Waals surface area (Å²) in [6, 6.07) is 6.84. The average Bonchev–Trinajstić information content (AvgIpc) is 2.87. The Labute approximate surface area is 93.2 Å². The van der Waals surface area contributed by atoms with Crippen molar-refractivity contribution in [2.24, 2.45) is 0 Å². The minimum Gasteiger partial charge on any atom is -0.464 e. The Morgan fingerprint density at radius 1 is 1.38 bits per heavy atom. The molecule has 0 bridgehead atoms. The van der Waals surface area contributed by atoms with Gasteiger partial charge in [0.2, 0.25) is 0 Å². The Kier molecular flexibility index (Phi) is 2.81. The Balaban J connectivity index is 2.03. The van der Waals surface area contributed by atoms with Crippen molar-refractivity contribution < 1.29 is 13.6 Å². The number of hydrogen-bond donors (Lipinski definition) is 1. The van der Waals surface area contributed by atoms with Gasteiger partial charge in [-0.3, -0.25) is 4.79 Å². The normalized spacial score (nSPS) is 12.4. The molecule has 4 nitrogen and oxygen atoms in total. The fraction of sp³-hybridized carbons (Fsp3) is 0.250. The van der Waals surface area contributed by atoms with Crippen LogP contribution in [0.3, 0.4) is 0 Å². The third kappa shape index (κ3) is 2.16. The zero-order valence-electron chi connectivity index (χ0n) is 9.19. The minimum atomic E-state index is -0.244. The van der Waals surface area contributed by atoms with E-state index in [0.717, 1.165) is 11.5 Å². The molecule has 1 unspecified atom stereocenters. The van der Waals surface area contributed by atoms with Crippen LogP contribution in [-0.4, -0.2) is 5.91 Å². The Bertz CT molecular complexity index is 470. The molecule has 0 saturated carbocycles. The van der Waals surface area contributed by atoms with Gasteiger partial charge in [-0.2, -0.15) is 0 Å². The van der Waals surface area contributed by atoms with Crippen LogP contribution in [0.15, 0.2) is 39.4 Å². The summed E-state index contributed by atoms with van der Waals surface area (Å²) in [5.41, 5.74) is 0. The van der Waals surface area contributed by atoms with Crippen molar-refractivity contribution >= 4 is 5.91 Å². The molecule has 2 aromatic rings. The number of carbonyl (C=O) groups excluding carboxylic acids is 1. The van der Waals surface area contributed by atoms with Crippen molar-refractivity contribution in [2.75, 3.05) is 0 Å². The average molecular weight is 219 g/mol. The van der Waals surface area contributed by atoms with E-state index in [-0.39, 0.29) is 11.9 Å². The molecule has 0 spiro atoms. The highest BCUT2D eigenvalue weighted by atomic mass is 16.3. The highest BCUT2D eigenvalue weighted by Crippen LogP contribution is 2.16. The van der Waals surface area contributed by atoms with Crippen molar-refractivity contribution in [1.29, 1.82) is 0 Å². The molecule has 1 atom stereocenters. The third-order valence-electron chi connectivity index (χ3n) is 2.28. The molecule has 2 aromatic heterocycles. The predicted molar refractivity (Wildman–Crippen MR) is 58.0 cm³/mol. The van der Waals surface area contributed by atoms with Gasteiger partial charge in [0.15, 0.2) is 5.76 Å². The molecule has 0 aromatic carbocycles. The fourth-order valence-corrected chi connectivity index (χ4v) is 1.43. The van der Waals surface area contributed by atoms with Crippen LogP contribution in [-0.2, 0) is 0 Å². The number of rotatable bonds is 3. The molecule has 2 heterocycles. The van der Waals surface area contributed by atoms with Crippen LogP contribution < -0.4 is 5.32 Å². The van der Waals surface area contributed by atoms with Gasteiger partial charge in [0.05, 0.1) is 12.3 Å². The van der Waals surface area contributed by atoms with Gasteiger partial charge in [-0.05, 0) is 38.1 Å². The van der Waals surface area contributed by atoms with E-state index in [1.807, 2.05) is 26.0 Å². The molecule has 1 amide bonds. The number of carbonyl (C=O) groups is 1. The van der Waals surface area contributed by atoms with Gasteiger partial charge >= 0.3 is 0 Å². The van der Waals surface area contributed by atoms with Crippen molar-refractivity contribution in [2.45, 2.75) is 19.9 Å². The lowest BCUT2D eigenvalue weighted by atomic mass is 10.2. The van der Waals surface area contributed by atoms with Crippen molar-refractivity contribution in [1.82, 2.24) is 5.32 Å². The summed E-state index contributed by atoms with van der Waals surface area (Å²) < 4.78 is 10.4. The van der Waals surface area contributed by atoms with Crippen LogP contribution in [0.2, 0.25) is 0 Å². The first-order valence-corrected chi connectivity index (χ1v) is 5.07. The summed E-state index contributed by atoms with van der Waals surface area (Å²) in [6.07, 6.45) is 1.47. The maximum absolute atomic E-state index is 11.6. The van der Waals surface area contributed by atoms with Gasteiger partial charge in [-0.15, -0.1) is 0 Å². The van der Waals surface area contributed by atoms with E-state index >= 15 is 0 Å². The van der Waals surface area contributed by atoms with Gasteiger partial charge < -0.3 is 14.2 Å². The number of hydrogen-bond acceptors (Lipinski definition) is 3. The summed E-state index contributed by atoms with van der Waals surface area (Å²) >= 11 is 0. The lowest BCUT2D eigenvalue weighted by molar-refractivity contribution is 0.0907. The highest BCUT2D eigenvalue weighted by Gasteiger charge is 2.15. The maximum atomic E-state index is 11.6. The molecule has 4 heteroatoms. The van der Waals surface area contributed by atoms with E-state index in [1.165, 1.54) is 6.26 Å². The Hall–Kier alpha value is -1.97. The van der Waals surface area contributed by atoms with E-state index in [9.17, 15) is 4.79 Å². The maximum Gasteiger partial charge on any atom is 0.287 e. The minimum absolute atomic E-state index is 0.175. The van der Waals surface area contributed by atoms with Gasteiger partial charge in [0, 0.05) is 0 Å². The number of furan rings is 2. The lowest BCUT2D eigenvalue weighted by Crippen LogP contribution is -2.25. The number of amides is 1. The molecule has 0 fully saturated rings. The zero-order valence-corrected chi connectivity index (χ0v) is 9.19. The van der Waals surface area contributed by atoms with Crippen molar-refractivity contribution in [3.8, 4) is 0 Å². The largest absolute Gasteiger partial charge is 0.464 e. The molecule has 0 radical (unpaired) electrons. The topological polar surface area (TPSA) is 55.4 Å². The molecular weight excluding hydrogens is 206 g/mol. The van der Waals surface area contributed by atoms with E-state index in [0.29, 0.717) is 5.76 Å². The SMILES string of the molecule is Cc1ccc(C(C)NC(=O)c2ccco2)o1. The van der Waals surface area contributed by atoms with Crippen molar-refractivity contribution in [3.05, 3.63) is 47.8 Å². The fourth-order valence-electron chi connectivity index (χ4n) is 1.43. The second kappa shape index (κ2) is 4.26. The first-order valence-electron chi connectivity index (χ1n) is 5.07. The second-order valence-corrected chi connectivity index (χ2v) is 3.62. The number of aryl methyl sites for hydroxylation is 1. The monoisotopic (exact) mass is 219 g/mol. The van der Waals surface area contributed by atoms with E-state index in [1.54, 1.807) is 12.1 Å². The first kappa shape index (κ1) is 10.5. The first-order chi connectivity index (χ1) is 7.66. The van der Waals surface area contributed by atoms with Crippen LogP contribution in [0, 0.1) is 6.92 Å². The molecule has 0 aliphatic rings. The Morgan fingerprint density at radius 2 is 2.19 bits per heavy atom. The summed E-state index contributed by atoms with van der Waals surface area (Å²) in [6.45, 7) is 3.73. The zero-order chi connectivity index (χ0) is 11.5. The summed E-state index contributed by atoms with van der Waals surface area (Å²) in [5, 5.41) is 2.79. The van der Waals surface area contributed by atoms with Crippen LogP contribution in [0.1, 0.15) is 35.0 Å².